The third-order valence-electron chi connectivity index (χ3n) is 1.77. The molecule has 1 aliphatic rings. The van der Waals surface area contributed by atoms with Crippen molar-refractivity contribution in [3.63, 3.8) is 0 Å². The Morgan fingerprint density at radius 1 is 1.31 bits per heavy atom. The van der Waals surface area contributed by atoms with Crippen molar-refractivity contribution >= 4 is 11.7 Å². The van der Waals surface area contributed by atoms with Gasteiger partial charge in [0.15, 0.2) is 5.82 Å². The molecule has 70 valence electrons. The van der Waals surface area contributed by atoms with Crippen molar-refractivity contribution in [1.82, 2.24) is 9.97 Å². The van der Waals surface area contributed by atoms with Crippen molar-refractivity contribution in [3.8, 4) is 0 Å². The Labute approximate surface area is 77.4 Å². The van der Waals surface area contributed by atoms with Gasteiger partial charge >= 0.3 is 0 Å². The Balaban J connectivity index is 0.000000396. The van der Waals surface area contributed by atoms with Crippen molar-refractivity contribution in [2.45, 2.75) is 26.7 Å². The number of rotatable bonds is 0. The zero-order valence-electron chi connectivity index (χ0n) is 8.03. The maximum atomic E-state index is 11.0. The smallest absolute Gasteiger partial charge is 0.234 e. The first kappa shape index (κ1) is 9.64. The van der Waals surface area contributed by atoms with Gasteiger partial charge in [-0.2, -0.15) is 0 Å². The van der Waals surface area contributed by atoms with E-state index in [0.29, 0.717) is 5.82 Å². The molecule has 1 N–H and O–H groups in total. The van der Waals surface area contributed by atoms with Gasteiger partial charge in [-0.1, -0.05) is 13.8 Å². The molecule has 2 rings (SSSR count). The van der Waals surface area contributed by atoms with Gasteiger partial charge in [0.1, 0.15) is 0 Å². The molecular weight excluding hydrogens is 166 g/mol. The zero-order chi connectivity index (χ0) is 9.84. The molecule has 0 saturated heterocycles. The third-order valence-corrected chi connectivity index (χ3v) is 1.77. The average Bonchev–Trinajstić information content (AvgIpc) is 2.47. The molecule has 0 fully saturated rings. The minimum absolute atomic E-state index is 0.0220. The molecule has 2 heterocycles. The second-order valence-corrected chi connectivity index (χ2v) is 2.50. The van der Waals surface area contributed by atoms with Crippen LogP contribution in [0.2, 0.25) is 0 Å². The minimum Gasteiger partial charge on any atom is -0.309 e. The lowest BCUT2D eigenvalue weighted by Gasteiger charge is -1.95. The van der Waals surface area contributed by atoms with Gasteiger partial charge in [0.2, 0.25) is 5.91 Å². The molecule has 1 amide bonds. The fourth-order valence-electron chi connectivity index (χ4n) is 1.11. The van der Waals surface area contributed by atoms with E-state index in [1.165, 1.54) is 0 Å². The number of fused-ring (bicyclic) bond motifs is 1. The lowest BCUT2D eigenvalue weighted by atomic mass is 10.1. The van der Waals surface area contributed by atoms with E-state index in [2.05, 4.69) is 15.3 Å². The summed E-state index contributed by atoms with van der Waals surface area (Å²) in [5.41, 5.74) is 0.748. The molecule has 4 heteroatoms. The summed E-state index contributed by atoms with van der Waals surface area (Å²) >= 11 is 0. The molecule has 4 nitrogen and oxygen atoms in total. The van der Waals surface area contributed by atoms with Gasteiger partial charge in [-0.15, -0.1) is 0 Å². The van der Waals surface area contributed by atoms with Crippen molar-refractivity contribution in [2.24, 2.45) is 0 Å². The molecule has 0 spiro atoms. The van der Waals surface area contributed by atoms with Crippen LogP contribution in [-0.2, 0) is 4.79 Å². The molecule has 0 aromatic carbocycles. The Morgan fingerprint density at radius 3 is 2.54 bits per heavy atom. The van der Waals surface area contributed by atoms with Gasteiger partial charge in [0.05, 0.1) is 11.6 Å². The largest absolute Gasteiger partial charge is 0.309 e. The van der Waals surface area contributed by atoms with E-state index in [0.717, 1.165) is 5.69 Å². The fraction of sp³-hybridized carbons (Fsp3) is 0.444. The fourth-order valence-corrected chi connectivity index (χ4v) is 1.11. The predicted molar refractivity (Wildman–Crippen MR) is 50.4 cm³/mol. The van der Waals surface area contributed by atoms with Crippen LogP contribution in [0, 0.1) is 0 Å². The lowest BCUT2D eigenvalue weighted by Crippen LogP contribution is -2.08. The molecular formula is C9H13N3O. The first-order valence-electron chi connectivity index (χ1n) is 4.41. The molecule has 0 radical (unpaired) electrons. The molecule has 1 aromatic rings. The predicted octanol–water partition coefficient (Wildman–Crippen LogP) is 1.56. The molecule has 0 aliphatic carbocycles. The highest BCUT2D eigenvalue weighted by Crippen LogP contribution is 2.26. The van der Waals surface area contributed by atoms with Crippen LogP contribution in [-0.4, -0.2) is 15.9 Å². The van der Waals surface area contributed by atoms with Gasteiger partial charge in [-0.05, 0) is 6.92 Å². The van der Waals surface area contributed by atoms with Crippen LogP contribution >= 0.6 is 0 Å². The van der Waals surface area contributed by atoms with E-state index in [1.807, 2.05) is 20.8 Å². The van der Waals surface area contributed by atoms with E-state index >= 15 is 0 Å². The molecule has 1 unspecified atom stereocenters. The number of hydrogen-bond donors (Lipinski definition) is 1. The maximum Gasteiger partial charge on any atom is 0.234 e. The Kier molecular flexibility index (Phi) is 2.95. The SMILES string of the molecule is CC.CC1C(=O)Nc2nccnc21. The second-order valence-electron chi connectivity index (χ2n) is 2.50. The van der Waals surface area contributed by atoms with Crippen molar-refractivity contribution in [1.29, 1.82) is 0 Å². The van der Waals surface area contributed by atoms with E-state index in [9.17, 15) is 4.79 Å². The van der Waals surface area contributed by atoms with Crippen LogP contribution in [0.25, 0.3) is 0 Å². The lowest BCUT2D eigenvalue weighted by molar-refractivity contribution is -0.116. The molecule has 13 heavy (non-hydrogen) atoms. The molecule has 1 aromatic heterocycles. The highest BCUT2D eigenvalue weighted by molar-refractivity contribution is 6.00. The Morgan fingerprint density at radius 2 is 1.92 bits per heavy atom. The summed E-state index contributed by atoms with van der Waals surface area (Å²) in [5.74, 6) is 0.426. The number of carbonyl (C=O) groups excluding carboxylic acids is 1. The first-order chi connectivity index (χ1) is 6.29. The summed E-state index contributed by atoms with van der Waals surface area (Å²) in [4.78, 5) is 19.1. The number of nitrogens with zero attached hydrogens (tertiary/aromatic N) is 2. The maximum absolute atomic E-state index is 11.0. The topological polar surface area (TPSA) is 54.9 Å². The summed E-state index contributed by atoms with van der Waals surface area (Å²) in [7, 11) is 0. The van der Waals surface area contributed by atoms with Crippen LogP contribution in [0.3, 0.4) is 0 Å². The molecule has 1 atom stereocenters. The number of aromatic nitrogens is 2. The van der Waals surface area contributed by atoms with Gasteiger partial charge in [0, 0.05) is 12.4 Å². The Bertz CT molecular complexity index is 311. The number of amides is 1. The van der Waals surface area contributed by atoms with Crippen molar-refractivity contribution in [2.75, 3.05) is 5.32 Å². The van der Waals surface area contributed by atoms with Gasteiger partial charge < -0.3 is 5.32 Å². The van der Waals surface area contributed by atoms with Crippen molar-refractivity contribution in [3.05, 3.63) is 18.1 Å². The number of hydrogen-bond acceptors (Lipinski definition) is 3. The van der Waals surface area contributed by atoms with Crippen LogP contribution in [0.15, 0.2) is 12.4 Å². The normalized spacial score (nSPS) is 18.4. The second kappa shape index (κ2) is 3.98. The van der Waals surface area contributed by atoms with Crippen LogP contribution in [0.1, 0.15) is 32.4 Å². The number of nitrogens with one attached hydrogen (secondary N) is 1. The molecule has 1 aliphatic heterocycles. The molecule has 0 bridgehead atoms. The summed E-state index contributed by atoms with van der Waals surface area (Å²) in [5, 5.41) is 2.63. The highest BCUT2D eigenvalue weighted by Gasteiger charge is 2.28. The van der Waals surface area contributed by atoms with E-state index in [1.54, 1.807) is 12.4 Å². The highest BCUT2D eigenvalue weighted by atomic mass is 16.2. The molecule has 0 saturated carbocycles. The van der Waals surface area contributed by atoms with Crippen LogP contribution in [0.4, 0.5) is 5.82 Å². The summed E-state index contributed by atoms with van der Waals surface area (Å²) in [6, 6.07) is 0. The van der Waals surface area contributed by atoms with Gasteiger partial charge in [0.25, 0.3) is 0 Å². The monoisotopic (exact) mass is 179 g/mol. The van der Waals surface area contributed by atoms with Crippen LogP contribution in [0.5, 0.6) is 0 Å². The summed E-state index contributed by atoms with van der Waals surface area (Å²) < 4.78 is 0. The summed E-state index contributed by atoms with van der Waals surface area (Å²) in [6.07, 6.45) is 3.16. The van der Waals surface area contributed by atoms with E-state index in [4.69, 9.17) is 0 Å². The zero-order valence-corrected chi connectivity index (χ0v) is 8.03. The minimum atomic E-state index is -0.154. The van der Waals surface area contributed by atoms with Gasteiger partial charge in [-0.3, -0.25) is 9.78 Å². The van der Waals surface area contributed by atoms with Crippen molar-refractivity contribution < 1.29 is 4.79 Å². The Hall–Kier alpha value is -1.45. The quantitative estimate of drug-likeness (QED) is 0.657. The average molecular weight is 179 g/mol. The standard InChI is InChI=1S/C7H7N3O.C2H6/c1-4-5-6(10-7(4)11)9-3-2-8-5;1-2/h2-4H,1H3,(H,9,10,11);1-2H3. The van der Waals surface area contributed by atoms with Crippen LogP contribution < -0.4 is 5.32 Å². The number of anilines is 1. The third kappa shape index (κ3) is 1.66. The van der Waals surface area contributed by atoms with Gasteiger partial charge in [-0.25, -0.2) is 4.98 Å². The van der Waals surface area contributed by atoms with E-state index in [-0.39, 0.29) is 11.8 Å². The van der Waals surface area contributed by atoms with E-state index < -0.39 is 0 Å². The summed E-state index contributed by atoms with van der Waals surface area (Å²) in [6.45, 7) is 5.82. The number of carbonyl (C=O) groups is 1. The first-order valence-corrected chi connectivity index (χ1v) is 4.41.